The minimum absolute atomic E-state index is 0.121. The molecule has 0 atom stereocenters. The van der Waals surface area contributed by atoms with Crippen LogP contribution in [0.2, 0.25) is 0 Å². The molecular weight excluding hydrogens is 259 g/mol. The lowest BCUT2D eigenvalue weighted by Crippen LogP contribution is -2.45. The predicted molar refractivity (Wildman–Crippen MR) is 65.7 cm³/mol. The van der Waals surface area contributed by atoms with Gasteiger partial charge in [0, 0.05) is 13.7 Å². The number of halogens is 3. The zero-order chi connectivity index (χ0) is 14.1. The Morgan fingerprint density at radius 3 is 2.58 bits per heavy atom. The van der Waals surface area contributed by atoms with E-state index in [9.17, 15) is 13.2 Å². The third kappa shape index (κ3) is 3.09. The number of rotatable bonds is 4. The molecule has 19 heavy (non-hydrogen) atoms. The average molecular weight is 275 g/mol. The monoisotopic (exact) mass is 275 g/mol. The molecule has 7 heteroatoms. The highest BCUT2D eigenvalue weighted by molar-refractivity contribution is 5.47. The number of ether oxygens (including phenoxy) is 1. The summed E-state index contributed by atoms with van der Waals surface area (Å²) < 4.78 is 43.3. The molecule has 1 heterocycles. The summed E-state index contributed by atoms with van der Waals surface area (Å²) >= 11 is 0. The second kappa shape index (κ2) is 4.88. The van der Waals surface area contributed by atoms with Gasteiger partial charge in [-0.3, -0.25) is 0 Å². The molecule has 1 aromatic heterocycles. The van der Waals surface area contributed by atoms with Crippen molar-refractivity contribution in [2.24, 2.45) is 0 Å². The second-order valence-electron chi connectivity index (χ2n) is 4.76. The molecule has 0 unspecified atom stereocenters. The van der Waals surface area contributed by atoms with Crippen molar-refractivity contribution in [3.63, 3.8) is 0 Å². The van der Waals surface area contributed by atoms with Gasteiger partial charge in [-0.25, -0.2) is 4.98 Å². The number of aromatic nitrogens is 1. The number of nitrogens with two attached hydrogens (primary N) is 1. The Labute approximate surface area is 109 Å². The Morgan fingerprint density at radius 1 is 1.42 bits per heavy atom. The summed E-state index contributed by atoms with van der Waals surface area (Å²) in [5.74, 6) is -0.0342. The largest absolute Gasteiger partial charge is 0.416 e. The molecule has 0 saturated heterocycles. The molecule has 0 amide bonds. The van der Waals surface area contributed by atoms with Crippen molar-refractivity contribution in [2.75, 3.05) is 24.7 Å². The van der Waals surface area contributed by atoms with Gasteiger partial charge < -0.3 is 15.8 Å². The normalized spacial score (nSPS) is 17.9. The lowest BCUT2D eigenvalue weighted by Gasteiger charge is -2.40. The number of hydrogen-bond acceptors (Lipinski definition) is 4. The zero-order valence-corrected chi connectivity index (χ0v) is 10.5. The number of pyridine rings is 1. The zero-order valence-electron chi connectivity index (χ0n) is 10.5. The minimum Gasteiger partial charge on any atom is -0.384 e. The highest BCUT2D eigenvalue weighted by Crippen LogP contribution is 2.36. The van der Waals surface area contributed by atoms with Crippen molar-refractivity contribution < 1.29 is 17.9 Å². The van der Waals surface area contributed by atoms with Crippen LogP contribution in [-0.4, -0.2) is 24.2 Å². The van der Waals surface area contributed by atoms with E-state index in [1.165, 1.54) is 0 Å². The highest BCUT2D eigenvalue weighted by atomic mass is 19.4. The van der Waals surface area contributed by atoms with E-state index < -0.39 is 11.7 Å². The van der Waals surface area contributed by atoms with Gasteiger partial charge in [0.05, 0.1) is 11.2 Å². The predicted octanol–water partition coefficient (Wildman–Crippen LogP) is 2.66. The Hall–Kier alpha value is -1.50. The molecule has 0 spiro atoms. The van der Waals surface area contributed by atoms with E-state index in [1.807, 2.05) is 0 Å². The number of nitrogen functional groups attached to an aromatic ring is 1. The van der Waals surface area contributed by atoms with Crippen LogP contribution in [0.4, 0.5) is 24.8 Å². The molecule has 1 aliphatic rings. The van der Waals surface area contributed by atoms with Gasteiger partial charge in [0.1, 0.15) is 11.6 Å². The molecule has 0 aliphatic heterocycles. The Morgan fingerprint density at radius 2 is 2.11 bits per heavy atom. The van der Waals surface area contributed by atoms with Crippen LogP contribution >= 0.6 is 0 Å². The van der Waals surface area contributed by atoms with Crippen LogP contribution in [0.5, 0.6) is 0 Å². The van der Waals surface area contributed by atoms with E-state index in [0.29, 0.717) is 6.54 Å². The number of anilines is 2. The van der Waals surface area contributed by atoms with E-state index in [4.69, 9.17) is 10.5 Å². The third-order valence-corrected chi connectivity index (χ3v) is 3.46. The van der Waals surface area contributed by atoms with Gasteiger partial charge in [0.2, 0.25) is 0 Å². The van der Waals surface area contributed by atoms with Gasteiger partial charge in [-0.05, 0) is 31.4 Å². The van der Waals surface area contributed by atoms with E-state index in [-0.39, 0.29) is 17.2 Å². The number of alkyl halides is 3. The summed E-state index contributed by atoms with van der Waals surface area (Å²) in [5.41, 5.74) is 4.30. The number of nitrogens with zero attached hydrogens (tertiary/aromatic N) is 1. The minimum atomic E-state index is -4.43. The van der Waals surface area contributed by atoms with E-state index in [2.05, 4.69) is 10.3 Å². The summed E-state index contributed by atoms with van der Waals surface area (Å²) in [7, 11) is 1.61. The molecule has 106 valence electrons. The standard InChI is InChI=1S/C12H16F3N3O/c1-19-11(3-2-4-11)7-17-10-6-8(12(13,14)15)5-9(16)18-10/h5-6H,2-4,7H2,1H3,(H3,16,17,18). The van der Waals surface area contributed by atoms with Crippen molar-refractivity contribution in [1.29, 1.82) is 0 Å². The first kappa shape index (κ1) is 13.9. The summed E-state index contributed by atoms with van der Waals surface area (Å²) in [6, 6.07) is 1.78. The van der Waals surface area contributed by atoms with Gasteiger partial charge >= 0.3 is 6.18 Å². The van der Waals surface area contributed by atoms with Crippen molar-refractivity contribution in [2.45, 2.75) is 31.0 Å². The van der Waals surface area contributed by atoms with Crippen LogP contribution in [0.15, 0.2) is 12.1 Å². The van der Waals surface area contributed by atoms with Gasteiger partial charge in [-0.15, -0.1) is 0 Å². The molecule has 2 rings (SSSR count). The van der Waals surface area contributed by atoms with Crippen molar-refractivity contribution in [3.05, 3.63) is 17.7 Å². The number of hydrogen-bond donors (Lipinski definition) is 2. The maximum atomic E-state index is 12.6. The van der Waals surface area contributed by atoms with Crippen molar-refractivity contribution in [3.8, 4) is 0 Å². The molecule has 0 radical (unpaired) electrons. The quantitative estimate of drug-likeness (QED) is 0.887. The Bertz CT molecular complexity index is 453. The first-order valence-electron chi connectivity index (χ1n) is 5.98. The molecule has 0 bridgehead atoms. The lowest BCUT2D eigenvalue weighted by atomic mass is 9.80. The molecule has 1 aromatic rings. The van der Waals surface area contributed by atoms with Crippen LogP contribution < -0.4 is 11.1 Å². The maximum absolute atomic E-state index is 12.6. The van der Waals surface area contributed by atoms with Crippen LogP contribution in [0.25, 0.3) is 0 Å². The van der Waals surface area contributed by atoms with Gasteiger partial charge in [-0.1, -0.05) is 0 Å². The molecule has 1 saturated carbocycles. The maximum Gasteiger partial charge on any atom is 0.416 e. The Balaban J connectivity index is 2.10. The molecule has 4 nitrogen and oxygen atoms in total. The summed E-state index contributed by atoms with van der Waals surface area (Å²) in [6.45, 7) is 0.428. The molecule has 1 fully saturated rings. The summed E-state index contributed by atoms with van der Waals surface area (Å²) in [5, 5.41) is 2.88. The molecular formula is C12H16F3N3O. The third-order valence-electron chi connectivity index (χ3n) is 3.46. The lowest BCUT2D eigenvalue weighted by molar-refractivity contribution is -0.137. The summed E-state index contributed by atoms with van der Waals surface area (Å²) in [4.78, 5) is 3.85. The molecule has 0 aromatic carbocycles. The van der Waals surface area contributed by atoms with Crippen molar-refractivity contribution in [1.82, 2.24) is 4.98 Å². The SMILES string of the molecule is COC1(CNc2cc(C(F)(F)F)cc(N)n2)CCC1. The topological polar surface area (TPSA) is 60.2 Å². The molecule has 1 aliphatic carbocycles. The fourth-order valence-corrected chi connectivity index (χ4v) is 2.08. The van der Waals surface area contributed by atoms with Crippen molar-refractivity contribution >= 4 is 11.6 Å². The second-order valence-corrected chi connectivity index (χ2v) is 4.76. The van der Waals surface area contributed by atoms with Gasteiger partial charge in [0.25, 0.3) is 0 Å². The summed E-state index contributed by atoms with van der Waals surface area (Å²) in [6.07, 6.45) is -1.58. The fraction of sp³-hybridized carbons (Fsp3) is 0.583. The van der Waals surface area contributed by atoms with E-state index in [0.717, 1.165) is 31.4 Å². The first-order valence-corrected chi connectivity index (χ1v) is 5.98. The number of nitrogens with one attached hydrogen (secondary N) is 1. The van der Waals surface area contributed by atoms with Crippen LogP contribution in [0, 0.1) is 0 Å². The van der Waals surface area contributed by atoms with Crippen LogP contribution in [-0.2, 0) is 10.9 Å². The Kier molecular flexibility index (Phi) is 3.58. The highest BCUT2D eigenvalue weighted by Gasteiger charge is 2.37. The fourth-order valence-electron chi connectivity index (χ4n) is 2.08. The number of methoxy groups -OCH3 is 1. The van der Waals surface area contributed by atoms with Crippen LogP contribution in [0.1, 0.15) is 24.8 Å². The molecule has 3 N–H and O–H groups in total. The van der Waals surface area contributed by atoms with E-state index >= 15 is 0 Å². The van der Waals surface area contributed by atoms with E-state index in [1.54, 1.807) is 7.11 Å². The van der Waals surface area contributed by atoms with Crippen LogP contribution in [0.3, 0.4) is 0 Å². The smallest absolute Gasteiger partial charge is 0.384 e. The van der Waals surface area contributed by atoms with Gasteiger partial charge in [0.15, 0.2) is 0 Å². The average Bonchev–Trinajstić information content (AvgIpc) is 2.26. The van der Waals surface area contributed by atoms with Gasteiger partial charge in [-0.2, -0.15) is 13.2 Å². The first-order chi connectivity index (χ1) is 8.85.